The summed E-state index contributed by atoms with van der Waals surface area (Å²) in [5.74, 6) is 0.712. The van der Waals surface area contributed by atoms with Crippen molar-refractivity contribution in [2.24, 2.45) is 5.92 Å². The van der Waals surface area contributed by atoms with Gasteiger partial charge >= 0.3 is 0 Å². The Kier molecular flexibility index (Phi) is 3.80. The molecule has 60 valence electrons. The average Bonchev–Trinajstić information content (AvgIpc) is 1.83. The summed E-state index contributed by atoms with van der Waals surface area (Å²) in [6.07, 6.45) is 2.65. The molecule has 0 aromatic rings. The van der Waals surface area contributed by atoms with Crippen LogP contribution in [-0.4, -0.2) is 18.5 Å². The molecule has 0 saturated carbocycles. The summed E-state index contributed by atoms with van der Waals surface area (Å²) in [6, 6.07) is 0. The van der Waals surface area contributed by atoms with Crippen molar-refractivity contribution < 1.29 is 0 Å². The van der Waals surface area contributed by atoms with Crippen LogP contribution in [0, 0.1) is 5.92 Å². The van der Waals surface area contributed by atoms with E-state index in [0.29, 0.717) is 5.92 Å². The number of halogens is 1. The Labute approximate surface area is 69.5 Å². The fraction of sp³-hybridized carbons (Fsp3) is 0.750. The third kappa shape index (κ3) is 1.91. The Morgan fingerprint density at radius 3 is 2.60 bits per heavy atom. The second kappa shape index (κ2) is 3.87. The number of piperidine rings is 1. The highest BCUT2D eigenvalue weighted by atomic mass is 35.5. The second-order valence-electron chi connectivity index (χ2n) is 2.96. The van der Waals surface area contributed by atoms with Crippen LogP contribution in [0.25, 0.3) is 0 Å². The minimum absolute atomic E-state index is 0. The predicted molar refractivity (Wildman–Crippen MR) is 47.4 cm³/mol. The number of rotatable bonds is 0. The molecule has 1 atom stereocenters. The molecule has 1 saturated heterocycles. The van der Waals surface area contributed by atoms with Crippen molar-refractivity contribution in [2.45, 2.75) is 19.8 Å². The lowest BCUT2D eigenvalue weighted by Crippen LogP contribution is -2.27. The normalized spacial score (nSPS) is 26.0. The van der Waals surface area contributed by atoms with Crippen LogP contribution in [0.2, 0.25) is 0 Å². The van der Waals surface area contributed by atoms with Gasteiger partial charge in [0.1, 0.15) is 0 Å². The van der Waals surface area contributed by atoms with Crippen molar-refractivity contribution >= 4 is 12.4 Å². The fourth-order valence-electron chi connectivity index (χ4n) is 1.32. The summed E-state index contributed by atoms with van der Waals surface area (Å²) in [4.78, 5) is 2.26. The molecular weight excluding hydrogens is 146 g/mol. The minimum Gasteiger partial charge on any atom is -0.378 e. The Morgan fingerprint density at radius 2 is 2.20 bits per heavy atom. The van der Waals surface area contributed by atoms with Gasteiger partial charge in [-0.1, -0.05) is 13.5 Å². The number of allylic oxidation sites excluding steroid dienone is 1. The highest BCUT2D eigenvalue weighted by molar-refractivity contribution is 5.85. The SMILES string of the molecule is C=C1C(C)CCCN1C.Cl. The van der Waals surface area contributed by atoms with Gasteiger partial charge in [-0.05, 0) is 18.8 Å². The Bertz CT molecular complexity index is 110. The first-order chi connectivity index (χ1) is 4.22. The van der Waals surface area contributed by atoms with Crippen molar-refractivity contribution in [1.82, 2.24) is 4.90 Å². The summed E-state index contributed by atoms with van der Waals surface area (Å²) in [6.45, 7) is 7.45. The van der Waals surface area contributed by atoms with E-state index in [2.05, 4.69) is 25.5 Å². The van der Waals surface area contributed by atoms with Crippen LogP contribution < -0.4 is 0 Å². The summed E-state index contributed by atoms with van der Waals surface area (Å²) in [7, 11) is 2.12. The first-order valence-electron chi connectivity index (χ1n) is 3.61. The zero-order valence-electron chi connectivity index (χ0n) is 6.76. The highest BCUT2D eigenvalue weighted by Crippen LogP contribution is 2.22. The van der Waals surface area contributed by atoms with Gasteiger partial charge < -0.3 is 4.90 Å². The lowest BCUT2D eigenvalue weighted by molar-refractivity contribution is 0.295. The summed E-state index contributed by atoms with van der Waals surface area (Å²) in [5, 5.41) is 0. The number of nitrogens with zero attached hydrogens (tertiary/aromatic N) is 1. The summed E-state index contributed by atoms with van der Waals surface area (Å²) >= 11 is 0. The van der Waals surface area contributed by atoms with Crippen LogP contribution in [0.15, 0.2) is 12.3 Å². The van der Waals surface area contributed by atoms with E-state index in [1.54, 1.807) is 0 Å². The van der Waals surface area contributed by atoms with Crippen molar-refractivity contribution in [3.63, 3.8) is 0 Å². The molecule has 1 heterocycles. The zero-order chi connectivity index (χ0) is 6.85. The second-order valence-corrected chi connectivity index (χ2v) is 2.96. The van der Waals surface area contributed by atoms with E-state index in [0.717, 1.165) is 0 Å². The molecule has 0 aliphatic carbocycles. The molecule has 1 rings (SSSR count). The van der Waals surface area contributed by atoms with E-state index in [4.69, 9.17) is 0 Å². The predicted octanol–water partition coefficient (Wildman–Crippen LogP) is 2.28. The molecule has 0 spiro atoms. The quantitative estimate of drug-likeness (QED) is 0.527. The van der Waals surface area contributed by atoms with Crippen LogP contribution in [0.1, 0.15) is 19.8 Å². The first kappa shape index (κ1) is 9.83. The van der Waals surface area contributed by atoms with E-state index >= 15 is 0 Å². The van der Waals surface area contributed by atoms with Gasteiger partial charge in [0, 0.05) is 19.3 Å². The summed E-state index contributed by atoms with van der Waals surface area (Å²) in [5.41, 5.74) is 1.31. The average molecular weight is 162 g/mol. The van der Waals surface area contributed by atoms with Gasteiger partial charge in [0.05, 0.1) is 0 Å². The maximum Gasteiger partial charge on any atom is 0.0171 e. The molecule has 0 bridgehead atoms. The van der Waals surface area contributed by atoms with Gasteiger partial charge in [-0.15, -0.1) is 12.4 Å². The van der Waals surface area contributed by atoms with Crippen LogP contribution in [-0.2, 0) is 0 Å². The molecule has 1 nitrogen and oxygen atoms in total. The molecule has 1 unspecified atom stereocenters. The molecule has 0 aromatic carbocycles. The first-order valence-corrected chi connectivity index (χ1v) is 3.61. The molecule has 2 heteroatoms. The van der Waals surface area contributed by atoms with Crippen molar-refractivity contribution in [3.05, 3.63) is 12.3 Å². The van der Waals surface area contributed by atoms with Crippen LogP contribution in [0.4, 0.5) is 0 Å². The Balaban J connectivity index is 0.000000810. The van der Waals surface area contributed by atoms with Crippen molar-refractivity contribution in [2.75, 3.05) is 13.6 Å². The highest BCUT2D eigenvalue weighted by Gasteiger charge is 2.15. The van der Waals surface area contributed by atoms with Crippen LogP contribution in [0.5, 0.6) is 0 Å². The lowest BCUT2D eigenvalue weighted by Gasteiger charge is -2.31. The van der Waals surface area contributed by atoms with E-state index in [-0.39, 0.29) is 12.4 Å². The molecule has 1 fully saturated rings. The van der Waals surface area contributed by atoms with Gasteiger partial charge in [0.2, 0.25) is 0 Å². The van der Waals surface area contributed by atoms with E-state index in [9.17, 15) is 0 Å². The molecule has 0 aromatic heterocycles. The van der Waals surface area contributed by atoms with Gasteiger partial charge in [-0.25, -0.2) is 0 Å². The molecule has 1 aliphatic heterocycles. The third-order valence-corrected chi connectivity index (χ3v) is 2.19. The van der Waals surface area contributed by atoms with E-state index in [1.165, 1.54) is 25.1 Å². The molecule has 10 heavy (non-hydrogen) atoms. The monoisotopic (exact) mass is 161 g/mol. The molecule has 1 aliphatic rings. The molecule has 0 amide bonds. The Hall–Kier alpha value is -0.170. The zero-order valence-corrected chi connectivity index (χ0v) is 7.58. The topological polar surface area (TPSA) is 3.24 Å². The standard InChI is InChI=1S/C8H15N.ClH/c1-7-5-4-6-9(3)8(7)2;/h7H,2,4-6H2,1,3H3;1H. The number of hydrogen-bond donors (Lipinski definition) is 0. The lowest BCUT2D eigenvalue weighted by atomic mass is 9.97. The third-order valence-electron chi connectivity index (χ3n) is 2.19. The van der Waals surface area contributed by atoms with Gasteiger partial charge in [-0.2, -0.15) is 0 Å². The van der Waals surface area contributed by atoms with E-state index < -0.39 is 0 Å². The largest absolute Gasteiger partial charge is 0.378 e. The summed E-state index contributed by atoms with van der Waals surface area (Å²) < 4.78 is 0. The molecule has 0 radical (unpaired) electrons. The molecule has 0 N–H and O–H groups in total. The fourth-order valence-corrected chi connectivity index (χ4v) is 1.32. The van der Waals surface area contributed by atoms with Crippen molar-refractivity contribution in [3.8, 4) is 0 Å². The van der Waals surface area contributed by atoms with Crippen molar-refractivity contribution in [1.29, 1.82) is 0 Å². The van der Waals surface area contributed by atoms with Gasteiger partial charge in [0.25, 0.3) is 0 Å². The number of hydrogen-bond acceptors (Lipinski definition) is 1. The van der Waals surface area contributed by atoms with Gasteiger partial charge in [0.15, 0.2) is 0 Å². The van der Waals surface area contributed by atoms with Gasteiger partial charge in [-0.3, -0.25) is 0 Å². The van der Waals surface area contributed by atoms with Crippen LogP contribution in [0.3, 0.4) is 0 Å². The Morgan fingerprint density at radius 1 is 1.60 bits per heavy atom. The smallest absolute Gasteiger partial charge is 0.0171 e. The maximum atomic E-state index is 4.00. The minimum atomic E-state index is 0. The number of likely N-dealkylation sites (tertiary alicyclic amines) is 1. The maximum absolute atomic E-state index is 4.00. The molecular formula is C8H16ClN. The van der Waals surface area contributed by atoms with E-state index in [1.807, 2.05) is 0 Å². The van der Waals surface area contributed by atoms with Crippen LogP contribution >= 0.6 is 12.4 Å².